The molecule has 0 N–H and O–H groups in total. The largest absolute Gasteiger partial charge is 0.466 e. The van der Waals surface area contributed by atoms with Crippen LogP contribution in [0, 0.1) is 28.9 Å². The number of rotatable bonds is 7. The van der Waals surface area contributed by atoms with Gasteiger partial charge in [0.15, 0.2) is 0 Å². The van der Waals surface area contributed by atoms with Gasteiger partial charge < -0.3 is 4.74 Å². The number of carbonyl (C=O) groups is 1. The van der Waals surface area contributed by atoms with Gasteiger partial charge in [-0.15, -0.1) is 0 Å². The van der Waals surface area contributed by atoms with Crippen LogP contribution in [0.2, 0.25) is 0 Å². The van der Waals surface area contributed by atoms with Crippen molar-refractivity contribution in [3.63, 3.8) is 0 Å². The average molecular weight is 439 g/mol. The Morgan fingerprint density at radius 2 is 1.83 bits per heavy atom. The molecular weight excluding hydrogens is 408 g/mol. The number of nitrogens with zero attached hydrogens (tertiary/aromatic N) is 2. The van der Waals surface area contributed by atoms with Crippen LogP contribution in [0.1, 0.15) is 51.0 Å². The first kappa shape index (κ1) is 22.7. The van der Waals surface area contributed by atoms with Gasteiger partial charge in [-0.1, -0.05) is 37.0 Å². The van der Waals surface area contributed by atoms with Crippen LogP contribution < -0.4 is 0 Å². The molecule has 8 nitrogen and oxygen atoms in total. The molecule has 3 rings (SSSR count). The maximum absolute atomic E-state index is 13.5. The number of hydrogen-bond acceptors (Lipinski definition) is 6. The van der Waals surface area contributed by atoms with E-state index in [4.69, 9.17) is 4.74 Å². The predicted octanol–water partition coefficient (Wildman–Crippen LogP) is 3.16. The third-order valence-corrected chi connectivity index (χ3v) is 8.20. The Hall–Kier alpha value is -2.00. The SMILES string of the molecule is CCOC(=O)C[C@H]1CN(S(=O)(=O)c2ccc(C)cc2)[C@@H](C2CCCCC2)[C@@H]1[N+](=O)[O-]. The number of sulfonamides is 1. The minimum absolute atomic E-state index is 0.0398. The minimum Gasteiger partial charge on any atom is -0.466 e. The summed E-state index contributed by atoms with van der Waals surface area (Å²) in [6, 6.07) is 4.67. The van der Waals surface area contributed by atoms with Crippen LogP contribution in [0.3, 0.4) is 0 Å². The van der Waals surface area contributed by atoms with E-state index in [0.29, 0.717) is 0 Å². The Balaban J connectivity index is 2.00. The number of hydrogen-bond donors (Lipinski definition) is 0. The molecule has 3 atom stereocenters. The standard InChI is InChI=1S/C21H30N2O6S/c1-3-29-19(24)13-17-14-22(30(27,28)18-11-9-15(2)10-12-18)20(21(17)23(25)26)16-7-5-4-6-8-16/h9-12,16-17,20-21H,3-8,13-14H2,1-2H3/t17-,20-,21+/m0/s1. The van der Waals surface area contributed by atoms with E-state index < -0.39 is 34.0 Å². The molecule has 1 aromatic carbocycles. The maximum Gasteiger partial charge on any atom is 0.306 e. The summed E-state index contributed by atoms with van der Waals surface area (Å²) in [5.41, 5.74) is 0.933. The second-order valence-corrected chi connectivity index (χ2v) is 10.2. The molecule has 2 fully saturated rings. The Morgan fingerprint density at radius 3 is 2.40 bits per heavy atom. The molecule has 1 saturated carbocycles. The van der Waals surface area contributed by atoms with Gasteiger partial charge in [-0.3, -0.25) is 14.9 Å². The zero-order chi connectivity index (χ0) is 21.9. The van der Waals surface area contributed by atoms with Crippen molar-refractivity contribution in [3.8, 4) is 0 Å². The molecule has 1 aliphatic heterocycles. The Labute approximate surface area is 177 Å². The molecule has 0 aromatic heterocycles. The monoisotopic (exact) mass is 438 g/mol. The predicted molar refractivity (Wildman–Crippen MR) is 111 cm³/mol. The van der Waals surface area contributed by atoms with Crippen LogP contribution in [0.15, 0.2) is 29.2 Å². The van der Waals surface area contributed by atoms with Gasteiger partial charge in [-0.2, -0.15) is 4.31 Å². The molecule has 9 heteroatoms. The fourth-order valence-corrected chi connectivity index (χ4v) is 6.68. The second-order valence-electron chi connectivity index (χ2n) is 8.32. The lowest BCUT2D eigenvalue weighted by atomic mass is 9.80. The van der Waals surface area contributed by atoms with Crippen LogP contribution in [0.4, 0.5) is 0 Å². The van der Waals surface area contributed by atoms with Gasteiger partial charge in [0, 0.05) is 11.5 Å². The van der Waals surface area contributed by atoms with E-state index in [0.717, 1.165) is 37.7 Å². The third kappa shape index (κ3) is 4.67. The van der Waals surface area contributed by atoms with Crippen molar-refractivity contribution in [2.24, 2.45) is 11.8 Å². The summed E-state index contributed by atoms with van der Waals surface area (Å²) in [6.07, 6.45) is 4.31. The smallest absolute Gasteiger partial charge is 0.306 e. The number of carbonyl (C=O) groups excluding carboxylic acids is 1. The zero-order valence-electron chi connectivity index (χ0n) is 17.5. The first-order valence-corrected chi connectivity index (χ1v) is 12.1. The molecule has 1 saturated heterocycles. The average Bonchev–Trinajstić information content (AvgIpc) is 3.09. The van der Waals surface area contributed by atoms with Crippen molar-refractivity contribution >= 4 is 16.0 Å². The number of nitro groups is 1. The van der Waals surface area contributed by atoms with Crippen molar-refractivity contribution in [2.75, 3.05) is 13.2 Å². The zero-order valence-corrected chi connectivity index (χ0v) is 18.3. The van der Waals surface area contributed by atoms with Gasteiger partial charge in [0.2, 0.25) is 16.1 Å². The highest BCUT2D eigenvalue weighted by Gasteiger charge is 2.57. The van der Waals surface area contributed by atoms with E-state index in [1.165, 1.54) is 4.31 Å². The quantitative estimate of drug-likeness (QED) is 0.368. The van der Waals surface area contributed by atoms with Crippen molar-refractivity contribution in [1.29, 1.82) is 0 Å². The van der Waals surface area contributed by atoms with Gasteiger partial charge in [0.1, 0.15) is 0 Å². The van der Waals surface area contributed by atoms with E-state index in [9.17, 15) is 23.3 Å². The Bertz CT molecular complexity index is 864. The highest BCUT2D eigenvalue weighted by Crippen LogP contribution is 2.41. The fraction of sp³-hybridized carbons (Fsp3) is 0.667. The lowest BCUT2D eigenvalue weighted by molar-refractivity contribution is -0.533. The molecule has 0 radical (unpaired) electrons. The van der Waals surface area contributed by atoms with Crippen molar-refractivity contribution in [3.05, 3.63) is 39.9 Å². The Kier molecular flexibility index (Phi) is 7.13. The molecule has 2 aliphatic rings. The molecule has 1 heterocycles. The highest BCUT2D eigenvalue weighted by atomic mass is 32.2. The van der Waals surface area contributed by atoms with E-state index in [2.05, 4.69) is 0 Å². The minimum atomic E-state index is -3.92. The summed E-state index contributed by atoms with van der Waals surface area (Å²) >= 11 is 0. The number of ether oxygens (including phenoxy) is 1. The van der Waals surface area contributed by atoms with Gasteiger partial charge >= 0.3 is 5.97 Å². The van der Waals surface area contributed by atoms with Gasteiger partial charge in [-0.25, -0.2) is 8.42 Å². The number of aryl methyl sites for hydroxylation is 1. The molecule has 1 aliphatic carbocycles. The summed E-state index contributed by atoms with van der Waals surface area (Å²) in [6.45, 7) is 3.69. The van der Waals surface area contributed by atoms with Gasteiger partial charge in [0.25, 0.3) is 0 Å². The topological polar surface area (TPSA) is 107 Å². The van der Waals surface area contributed by atoms with Crippen molar-refractivity contribution in [1.82, 2.24) is 4.31 Å². The summed E-state index contributed by atoms with van der Waals surface area (Å²) in [7, 11) is -3.92. The summed E-state index contributed by atoms with van der Waals surface area (Å²) in [4.78, 5) is 23.9. The Morgan fingerprint density at radius 1 is 1.20 bits per heavy atom. The first-order chi connectivity index (χ1) is 14.3. The van der Waals surface area contributed by atoms with Crippen LogP contribution in [0.25, 0.3) is 0 Å². The lowest BCUT2D eigenvalue weighted by Gasteiger charge is -2.33. The summed E-state index contributed by atoms with van der Waals surface area (Å²) < 4.78 is 33.3. The van der Waals surface area contributed by atoms with E-state index in [-0.39, 0.29) is 35.3 Å². The van der Waals surface area contributed by atoms with Gasteiger partial charge in [0.05, 0.1) is 29.9 Å². The second kappa shape index (κ2) is 9.43. The van der Waals surface area contributed by atoms with E-state index in [1.807, 2.05) is 6.92 Å². The lowest BCUT2D eigenvalue weighted by Crippen LogP contribution is -2.48. The molecule has 0 bridgehead atoms. The highest BCUT2D eigenvalue weighted by molar-refractivity contribution is 7.89. The van der Waals surface area contributed by atoms with Crippen LogP contribution in [-0.4, -0.2) is 48.9 Å². The number of benzene rings is 1. The fourth-order valence-electron chi connectivity index (χ4n) is 4.92. The van der Waals surface area contributed by atoms with E-state index >= 15 is 0 Å². The maximum atomic E-state index is 13.5. The first-order valence-electron chi connectivity index (χ1n) is 10.6. The van der Waals surface area contributed by atoms with Crippen molar-refractivity contribution in [2.45, 2.75) is 69.4 Å². The van der Waals surface area contributed by atoms with Crippen LogP contribution in [0.5, 0.6) is 0 Å². The van der Waals surface area contributed by atoms with Crippen LogP contribution in [-0.2, 0) is 19.6 Å². The molecule has 0 unspecified atom stereocenters. The molecule has 30 heavy (non-hydrogen) atoms. The third-order valence-electron chi connectivity index (χ3n) is 6.32. The summed E-state index contributed by atoms with van der Waals surface area (Å²) in [5, 5.41) is 12.1. The van der Waals surface area contributed by atoms with Gasteiger partial charge in [-0.05, 0) is 44.7 Å². The normalized spacial score (nSPS) is 25.9. The molecular formula is C21H30N2O6S. The number of esters is 1. The molecule has 0 spiro atoms. The molecule has 0 amide bonds. The van der Waals surface area contributed by atoms with E-state index in [1.54, 1.807) is 31.2 Å². The molecule has 166 valence electrons. The van der Waals surface area contributed by atoms with Crippen molar-refractivity contribution < 1.29 is 22.9 Å². The molecule has 1 aromatic rings. The summed E-state index contributed by atoms with van der Waals surface area (Å²) in [5.74, 6) is -1.31. The van der Waals surface area contributed by atoms with Crippen LogP contribution >= 0.6 is 0 Å².